The highest BCUT2D eigenvalue weighted by atomic mass is 32.2. The molecule has 1 aromatic carbocycles. The number of unbranched alkanes of at least 4 members (excludes halogenated alkanes) is 2. The van der Waals surface area contributed by atoms with Gasteiger partial charge in [0.2, 0.25) is 0 Å². The van der Waals surface area contributed by atoms with Gasteiger partial charge in [0.05, 0.1) is 15.7 Å². The number of nitrogens with one attached hydrogen (secondary N) is 1. The van der Waals surface area contributed by atoms with Crippen LogP contribution in [0.25, 0.3) is 10.2 Å². The molecule has 5 nitrogen and oxygen atoms in total. The molecule has 1 heterocycles. The molecule has 7 heteroatoms. The molecule has 0 saturated carbocycles. The zero-order valence-corrected chi connectivity index (χ0v) is 14.7. The number of nitrogens with zero attached hydrogens (tertiary/aromatic N) is 1. The predicted molar refractivity (Wildman–Crippen MR) is 95.1 cm³/mol. The Balaban J connectivity index is 0.000000346. The molecule has 2 aromatic rings. The SMILES string of the molecule is CC(C)S(=O)[O-].NCCCCCNc1ccc2ncsc2c1. The summed E-state index contributed by atoms with van der Waals surface area (Å²) in [4.78, 5) is 4.26. The van der Waals surface area contributed by atoms with Crippen molar-refractivity contribution >= 4 is 38.3 Å². The van der Waals surface area contributed by atoms with Crippen LogP contribution in [-0.2, 0) is 11.1 Å². The van der Waals surface area contributed by atoms with Gasteiger partial charge in [-0.05, 0) is 37.6 Å². The standard InChI is InChI=1S/C12H17N3S.C3H8O2S/c13-6-2-1-3-7-14-10-4-5-11-12(8-10)16-9-15-11;1-3(2)6(4)5/h4-5,8-9,14H,1-3,6-7,13H2;3H,1-2H3,(H,4,5)/p-1. The van der Waals surface area contributed by atoms with Crippen LogP contribution in [0.15, 0.2) is 23.7 Å². The summed E-state index contributed by atoms with van der Waals surface area (Å²) in [6, 6.07) is 6.31. The fraction of sp³-hybridized carbons (Fsp3) is 0.533. The van der Waals surface area contributed by atoms with Crippen molar-refractivity contribution in [2.24, 2.45) is 5.73 Å². The first-order valence-electron chi connectivity index (χ1n) is 7.40. The fourth-order valence-electron chi connectivity index (χ4n) is 1.64. The molecule has 0 amide bonds. The van der Waals surface area contributed by atoms with Crippen LogP contribution in [-0.4, -0.2) is 32.1 Å². The van der Waals surface area contributed by atoms with Crippen LogP contribution >= 0.6 is 11.3 Å². The minimum Gasteiger partial charge on any atom is -0.772 e. The van der Waals surface area contributed by atoms with E-state index in [-0.39, 0.29) is 5.25 Å². The topological polar surface area (TPSA) is 91.1 Å². The van der Waals surface area contributed by atoms with Crippen molar-refractivity contribution < 1.29 is 8.76 Å². The molecule has 0 radical (unpaired) electrons. The van der Waals surface area contributed by atoms with Crippen molar-refractivity contribution in [3.05, 3.63) is 23.7 Å². The van der Waals surface area contributed by atoms with E-state index < -0.39 is 11.1 Å². The third-order valence-corrected chi connectivity index (χ3v) is 4.49. The lowest BCUT2D eigenvalue weighted by molar-refractivity contribution is 0.528. The minimum atomic E-state index is -1.87. The highest BCUT2D eigenvalue weighted by Crippen LogP contribution is 2.21. The highest BCUT2D eigenvalue weighted by molar-refractivity contribution is 7.79. The summed E-state index contributed by atoms with van der Waals surface area (Å²) in [6.45, 7) is 5.07. The molecule has 0 fully saturated rings. The molecule has 0 spiro atoms. The van der Waals surface area contributed by atoms with Crippen LogP contribution in [0.4, 0.5) is 5.69 Å². The van der Waals surface area contributed by atoms with E-state index in [1.165, 1.54) is 23.2 Å². The van der Waals surface area contributed by atoms with Crippen molar-refractivity contribution in [1.29, 1.82) is 0 Å². The van der Waals surface area contributed by atoms with Crippen molar-refractivity contribution in [1.82, 2.24) is 4.98 Å². The summed E-state index contributed by atoms with van der Waals surface area (Å²) < 4.78 is 20.6. The van der Waals surface area contributed by atoms with E-state index in [1.807, 2.05) is 5.51 Å². The summed E-state index contributed by atoms with van der Waals surface area (Å²) >= 11 is -0.186. The molecule has 0 aliphatic carbocycles. The lowest BCUT2D eigenvalue weighted by atomic mass is 10.2. The summed E-state index contributed by atoms with van der Waals surface area (Å²) in [5.41, 5.74) is 9.60. The molecule has 1 aromatic heterocycles. The Labute approximate surface area is 138 Å². The van der Waals surface area contributed by atoms with E-state index >= 15 is 0 Å². The summed E-state index contributed by atoms with van der Waals surface area (Å²) in [6.07, 6.45) is 3.50. The van der Waals surface area contributed by atoms with E-state index in [1.54, 1.807) is 25.2 Å². The first kappa shape index (κ1) is 19.0. The van der Waals surface area contributed by atoms with Crippen LogP contribution in [0.3, 0.4) is 0 Å². The average molecular weight is 343 g/mol. The van der Waals surface area contributed by atoms with Gasteiger partial charge in [-0.25, -0.2) is 4.98 Å². The van der Waals surface area contributed by atoms with Gasteiger partial charge in [-0.1, -0.05) is 31.3 Å². The maximum atomic E-state index is 9.70. The maximum absolute atomic E-state index is 9.70. The second-order valence-electron chi connectivity index (χ2n) is 5.12. The van der Waals surface area contributed by atoms with E-state index in [9.17, 15) is 8.76 Å². The minimum absolute atomic E-state index is 0.231. The summed E-state index contributed by atoms with van der Waals surface area (Å²) in [7, 11) is 0. The first-order chi connectivity index (χ1) is 10.5. The Morgan fingerprint density at radius 1 is 1.36 bits per heavy atom. The average Bonchev–Trinajstić information content (AvgIpc) is 2.95. The number of aromatic nitrogens is 1. The zero-order valence-electron chi connectivity index (χ0n) is 13.1. The number of nitrogens with two attached hydrogens (primary N) is 1. The van der Waals surface area contributed by atoms with Crippen LogP contribution in [0.2, 0.25) is 0 Å². The molecule has 1 atom stereocenters. The summed E-state index contributed by atoms with van der Waals surface area (Å²) in [5.74, 6) is 0. The number of anilines is 1. The molecule has 124 valence electrons. The molecular formula is C15H24N3O2S2-. The third kappa shape index (κ3) is 7.31. The Morgan fingerprint density at radius 2 is 2.09 bits per heavy atom. The van der Waals surface area contributed by atoms with E-state index in [0.29, 0.717) is 0 Å². The molecule has 0 aliphatic rings. The quantitative estimate of drug-likeness (QED) is 0.596. The second kappa shape index (κ2) is 10.7. The van der Waals surface area contributed by atoms with Gasteiger partial charge in [-0.15, -0.1) is 11.3 Å². The fourth-order valence-corrected chi connectivity index (χ4v) is 2.36. The normalized spacial score (nSPS) is 12.0. The smallest absolute Gasteiger partial charge is 0.0813 e. The number of rotatable bonds is 7. The first-order valence-corrected chi connectivity index (χ1v) is 9.41. The number of thiazole rings is 1. The van der Waals surface area contributed by atoms with Crippen molar-refractivity contribution in [3.63, 3.8) is 0 Å². The monoisotopic (exact) mass is 342 g/mol. The number of hydrogen-bond donors (Lipinski definition) is 2. The Morgan fingerprint density at radius 3 is 2.73 bits per heavy atom. The molecule has 0 bridgehead atoms. The van der Waals surface area contributed by atoms with Gasteiger partial charge in [-0.3, -0.25) is 4.21 Å². The van der Waals surface area contributed by atoms with Crippen LogP contribution in [0, 0.1) is 0 Å². The Bertz CT molecular complexity index is 573. The molecule has 0 aliphatic heterocycles. The molecule has 3 N–H and O–H groups in total. The van der Waals surface area contributed by atoms with Gasteiger partial charge < -0.3 is 15.6 Å². The summed E-state index contributed by atoms with van der Waals surface area (Å²) in [5, 5.41) is 3.19. The molecular weight excluding hydrogens is 318 g/mol. The molecule has 22 heavy (non-hydrogen) atoms. The lowest BCUT2D eigenvalue weighted by Crippen LogP contribution is -2.03. The molecule has 2 rings (SSSR count). The van der Waals surface area contributed by atoms with Gasteiger partial charge in [-0.2, -0.15) is 0 Å². The Kier molecular flexibility index (Phi) is 9.22. The van der Waals surface area contributed by atoms with E-state index in [0.717, 1.165) is 25.0 Å². The van der Waals surface area contributed by atoms with Gasteiger partial charge in [0.25, 0.3) is 0 Å². The molecule has 0 saturated heterocycles. The van der Waals surface area contributed by atoms with Gasteiger partial charge in [0.1, 0.15) is 0 Å². The zero-order chi connectivity index (χ0) is 16.4. The second-order valence-corrected chi connectivity index (χ2v) is 7.47. The highest BCUT2D eigenvalue weighted by Gasteiger charge is 1.97. The Hall–Kier alpha value is -1.02. The van der Waals surface area contributed by atoms with Crippen molar-refractivity contribution in [2.45, 2.75) is 38.4 Å². The third-order valence-electron chi connectivity index (χ3n) is 2.93. The van der Waals surface area contributed by atoms with Crippen LogP contribution < -0.4 is 11.1 Å². The van der Waals surface area contributed by atoms with Crippen LogP contribution in [0.5, 0.6) is 0 Å². The van der Waals surface area contributed by atoms with Crippen molar-refractivity contribution in [3.8, 4) is 0 Å². The van der Waals surface area contributed by atoms with Crippen LogP contribution in [0.1, 0.15) is 33.1 Å². The maximum Gasteiger partial charge on any atom is 0.0813 e. The lowest BCUT2D eigenvalue weighted by Gasteiger charge is -2.05. The van der Waals surface area contributed by atoms with Gasteiger partial charge in [0.15, 0.2) is 0 Å². The molecule has 1 unspecified atom stereocenters. The number of benzene rings is 1. The van der Waals surface area contributed by atoms with E-state index in [4.69, 9.17) is 5.73 Å². The largest absolute Gasteiger partial charge is 0.772 e. The predicted octanol–water partition coefficient (Wildman–Crippen LogP) is 3.11. The van der Waals surface area contributed by atoms with E-state index in [2.05, 4.69) is 28.5 Å². The van der Waals surface area contributed by atoms with Gasteiger partial charge in [0, 0.05) is 17.5 Å². The van der Waals surface area contributed by atoms with Crippen molar-refractivity contribution in [2.75, 3.05) is 18.4 Å². The van der Waals surface area contributed by atoms with Gasteiger partial charge >= 0.3 is 0 Å². The number of hydrogen-bond acceptors (Lipinski definition) is 6. The number of fused-ring (bicyclic) bond motifs is 1.